The number of anilines is 1. The van der Waals surface area contributed by atoms with E-state index in [2.05, 4.69) is 4.98 Å². The van der Waals surface area contributed by atoms with E-state index in [0.29, 0.717) is 36.1 Å². The molecule has 8 heteroatoms. The zero-order valence-electron chi connectivity index (χ0n) is 19.5. The van der Waals surface area contributed by atoms with Crippen LogP contribution in [0.1, 0.15) is 47.1 Å². The average molecular weight is 474 g/mol. The first-order chi connectivity index (χ1) is 16.9. The Labute approximate surface area is 200 Å². The van der Waals surface area contributed by atoms with Crippen LogP contribution >= 0.6 is 0 Å². The lowest BCUT2D eigenvalue weighted by atomic mass is 9.98. The molecular formula is C27H23FN2O5. The van der Waals surface area contributed by atoms with Crippen molar-refractivity contribution in [3.8, 4) is 11.5 Å². The normalized spacial score (nSPS) is 14.9. The molecule has 5 rings (SSSR count). The van der Waals surface area contributed by atoms with Crippen LogP contribution in [0.3, 0.4) is 0 Å². The Morgan fingerprint density at radius 3 is 2.49 bits per heavy atom. The summed E-state index contributed by atoms with van der Waals surface area (Å²) in [7, 11) is 0. The van der Waals surface area contributed by atoms with Gasteiger partial charge < -0.3 is 13.9 Å². The molecular weight excluding hydrogens is 451 g/mol. The molecule has 2 aromatic heterocycles. The van der Waals surface area contributed by atoms with Gasteiger partial charge in [0.25, 0.3) is 5.91 Å². The van der Waals surface area contributed by atoms with E-state index < -0.39 is 23.2 Å². The smallest absolute Gasteiger partial charge is 0.296 e. The van der Waals surface area contributed by atoms with Crippen LogP contribution in [0.15, 0.2) is 63.9 Å². The molecule has 0 spiro atoms. The van der Waals surface area contributed by atoms with Crippen LogP contribution in [0.25, 0.3) is 11.0 Å². The van der Waals surface area contributed by atoms with Gasteiger partial charge in [0, 0.05) is 6.20 Å². The molecule has 0 aliphatic carbocycles. The monoisotopic (exact) mass is 474 g/mol. The summed E-state index contributed by atoms with van der Waals surface area (Å²) in [5, 5.41) is 0.0660. The highest BCUT2D eigenvalue weighted by Gasteiger charge is 2.44. The van der Waals surface area contributed by atoms with E-state index in [9.17, 15) is 14.0 Å². The third-order valence-electron chi connectivity index (χ3n) is 5.86. The van der Waals surface area contributed by atoms with E-state index >= 15 is 0 Å². The molecule has 178 valence electrons. The number of carbonyl (C=O) groups excluding carboxylic acids is 1. The number of aromatic nitrogens is 1. The second kappa shape index (κ2) is 8.87. The number of nitrogens with zero attached hydrogens (tertiary/aromatic N) is 2. The van der Waals surface area contributed by atoms with Crippen LogP contribution in [-0.2, 0) is 0 Å². The molecule has 0 N–H and O–H groups in total. The van der Waals surface area contributed by atoms with Crippen LogP contribution in [0.2, 0.25) is 0 Å². The highest BCUT2D eigenvalue weighted by atomic mass is 19.1. The van der Waals surface area contributed by atoms with Crippen LogP contribution in [0.4, 0.5) is 10.2 Å². The lowest BCUT2D eigenvalue weighted by Gasteiger charge is -2.25. The Balaban J connectivity index is 1.78. The number of benzene rings is 2. The molecule has 1 atom stereocenters. The van der Waals surface area contributed by atoms with Gasteiger partial charge in [-0.25, -0.2) is 9.37 Å². The number of hydrogen-bond donors (Lipinski definition) is 0. The van der Waals surface area contributed by atoms with Gasteiger partial charge in [-0.3, -0.25) is 14.5 Å². The molecule has 1 amide bonds. The van der Waals surface area contributed by atoms with Gasteiger partial charge in [-0.1, -0.05) is 12.1 Å². The summed E-state index contributed by atoms with van der Waals surface area (Å²) < 4.78 is 31.3. The summed E-state index contributed by atoms with van der Waals surface area (Å²) in [6.45, 7) is 6.47. The first-order valence-electron chi connectivity index (χ1n) is 11.3. The number of hydrogen-bond acceptors (Lipinski definition) is 6. The summed E-state index contributed by atoms with van der Waals surface area (Å²) in [4.78, 5) is 33.1. The van der Waals surface area contributed by atoms with Crippen molar-refractivity contribution in [1.82, 2.24) is 4.98 Å². The molecule has 0 unspecified atom stereocenters. The second-order valence-electron chi connectivity index (χ2n) is 8.16. The highest BCUT2D eigenvalue weighted by Crippen LogP contribution is 2.42. The summed E-state index contributed by atoms with van der Waals surface area (Å²) in [5.74, 6) is 0.238. The summed E-state index contributed by atoms with van der Waals surface area (Å²) in [6, 6.07) is 11.6. The molecule has 0 radical (unpaired) electrons. The Bertz CT molecular complexity index is 1500. The van der Waals surface area contributed by atoms with Crippen LogP contribution in [-0.4, -0.2) is 24.1 Å². The van der Waals surface area contributed by atoms with Crippen molar-refractivity contribution in [2.45, 2.75) is 26.8 Å². The molecule has 0 saturated heterocycles. The minimum absolute atomic E-state index is 0.0660. The Morgan fingerprint density at radius 2 is 1.77 bits per heavy atom. The van der Waals surface area contributed by atoms with Crippen molar-refractivity contribution in [2.24, 2.45) is 0 Å². The number of pyridine rings is 1. The van der Waals surface area contributed by atoms with Gasteiger partial charge in [0.1, 0.15) is 17.2 Å². The van der Waals surface area contributed by atoms with Gasteiger partial charge in [0.2, 0.25) is 5.76 Å². The maximum atomic E-state index is 14.0. The van der Waals surface area contributed by atoms with E-state index in [4.69, 9.17) is 13.9 Å². The molecule has 1 aliphatic heterocycles. The number of aryl methyl sites for hydroxylation is 1. The SMILES string of the molecule is CCOc1ccc([C@@H]2c3c(oc4ccc(F)cc4c3=O)C(=O)N2c2ccc(C)cn2)cc1OCC. The molecule has 3 heterocycles. The Hall–Kier alpha value is -4.20. The quantitative estimate of drug-likeness (QED) is 0.383. The summed E-state index contributed by atoms with van der Waals surface area (Å²) in [6.07, 6.45) is 1.65. The maximum Gasteiger partial charge on any atom is 0.296 e. The van der Waals surface area contributed by atoms with Gasteiger partial charge >= 0.3 is 0 Å². The largest absolute Gasteiger partial charge is 0.490 e. The van der Waals surface area contributed by atoms with Crippen molar-refractivity contribution in [1.29, 1.82) is 0 Å². The molecule has 0 bridgehead atoms. The lowest BCUT2D eigenvalue weighted by molar-refractivity contribution is 0.0970. The molecule has 2 aromatic carbocycles. The summed E-state index contributed by atoms with van der Waals surface area (Å²) in [5.41, 5.74) is 1.32. The fourth-order valence-electron chi connectivity index (χ4n) is 4.34. The van der Waals surface area contributed by atoms with Crippen molar-refractivity contribution < 1.29 is 23.1 Å². The zero-order chi connectivity index (χ0) is 24.7. The average Bonchev–Trinajstić information content (AvgIpc) is 3.14. The van der Waals surface area contributed by atoms with E-state index in [1.807, 2.05) is 26.8 Å². The first kappa shape index (κ1) is 22.6. The minimum atomic E-state index is -0.855. The number of fused-ring (bicyclic) bond motifs is 2. The fraction of sp³-hybridized carbons (Fsp3) is 0.222. The lowest BCUT2D eigenvalue weighted by Crippen LogP contribution is -2.30. The molecule has 1 aliphatic rings. The predicted molar refractivity (Wildman–Crippen MR) is 129 cm³/mol. The van der Waals surface area contributed by atoms with E-state index in [1.54, 1.807) is 30.5 Å². The standard InChI is InChI=1S/C27H23FN2O5/c1-4-33-20-9-7-16(12-21(20)34-5-2)24-23-25(31)18-13-17(28)8-10-19(18)35-26(23)27(32)30(24)22-11-6-15(3)14-29-22/h6-14,24H,4-5H2,1-3H3/t24-/m1/s1. The van der Waals surface area contributed by atoms with Crippen LogP contribution in [0, 0.1) is 12.7 Å². The minimum Gasteiger partial charge on any atom is -0.490 e. The third kappa shape index (κ3) is 3.80. The predicted octanol–water partition coefficient (Wildman–Crippen LogP) is 5.18. The molecule has 4 aromatic rings. The van der Waals surface area contributed by atoms with Crippen molar-refractivity contribution >= 4 is 22.7 Å². The number of halogens is 1. The van der Waals surface area contributed by atoms with E-state index in [-0.39, 0.29) is 22.3 Å². The van der Waals surface area contributed by atoms with Crippen LogP contribution in [0.5, 0.6) is 11.5 Å². The van der Waals surface area contributed by atoms with Crippen LogP contribution < -0.4 is 19.8 Å². The highest BCUT2D eigenvalue weighted by molar-refractivity contribution is 6.10. The molecule has 0 fully saturated rings. The Kier molecular flexibility index (Phi) is 5.72. The maximum absolute atomic E-state index is 14.0. The number of amides is 1. The number of carbonyl (C=O) groups is 1. The van der Waals surface area contributed by atoms with Crippen molar-refractivity contribution in [2.75, 3.05) is 18.1 Å². The fourth-order valence-corrected chi connectivity index (χ4v) is 4.34. The number of rotatable bonds is 6. The van der Waals surface area contributed by atoms with Crippen molar-refractivity contribution in [3.63, 3.8) is 0 Å². The first-order valence-corrected chi connectivity index (χ1v) is 11.3. The molecule has 7 nitrogen and oxygen atoms in total. The topological polar surface area (TPSA) is 81.9 Å². The second-order valence-corrected chi connectivity index (χ2v) is 8.16. The van der Waals surface area contributed by atoms with E-state index in [0.717, 1.165) is 11.6 Å². The van der Waals surface area contributed by atoms with Gasteiger partial charge in [-0.05, 0) is 68.3 Å². The number of ether oxygens (including phenoxy) is 2. The zero-order valence-corrected chi connectivity index (χ0v) is 19.5. The van der Waals surface area contributed by atoms with Gasteiger partial charge in [-0.2, -0.15) is 0 Å². The van der Waals surface area contributed by atoms with Gasteiger partial charge in [0.05, 0.1) is 30.2 Å². The summed E-state index contributed by atoms with van der Waals surface area (Å²) >= 11 is 0. The van der Waals surface area contributed by atoms with E-state index in [1.165, 1.54) is 17.0 Å². The van der Waals surface area contributed by atoms with Gasteiger partial charge in [0.15, 0.2) is 16.9 Å². The molecule has 35 heavy (non-hydrogen) atoms. The third-order valence-corrected chi connectivity index (χ3v) is 5.86. The Morgan fingerprint density at radius 1 is 1.00 bits per heavy atom. The van der Waals surface area contributed by atoms with Crippen molar-refractivity contribution in [3.05, 3.63) is 93.2 Å². The van der Waals surface area contributed by atoms with Gasteiger partial charge in [-0.15, -0.1) is 0 Å². The molecule has 0 saturated carbocycles.